The van der Waals surface area contributed by atoms with Gasteiger partial charge in [-0.1, -0.05) is 41.2 Å². The molecule has 2 aromatic heterocycles. The number of aromatic nitrogens is 3. The SMILES string of the molecule is Cc1ccc(C(O)=C2C(=O)C(=O)N(c3ncc(S(=O)(=O)c4ccc([N+](=O)[O-])cc4)s3)C2c2cncn2C)cc1. The zero-order chi connectivity index (χ0) is 28.1. The van der Waals surface area contributed by atoms with Gasteiger partial charge in [0.2, 0.25) is 9.84 Å². The fourth-order valence-corrected chi connectivity index (χ4v) is 6.70. The van der Waals surface area contributed by atoms with Crippen LogP contribution in [0.15, 0.2) is 81.9 Å². The first-order valence-electron chi connectivity index (χ1n) is 11.3. The van der Waals surface area contributed by atoms with Gasteiger partial charge in [-0.3, -0.25) is 24.6 Å². The van der Waals surface area contributed by atoms with Gasteiger partial charge < -0.3 is 9.67 Å². The van der Waals surface area contributed by atoms with E-state index in [1.165, 1.54) is 12.5 Å². The van der Waals surface area contributed by atoms with Crippen molar-refractivity contribution in [2.45, 2.75) is 22.1 Å². The molecule has 4 aromatic rings. The van der Waals surface area contributed by atoms with Gasteiger partial charge in [-0.2, -0.15) is 0 Å². The van der Waals surface area contributed by atoms with Gasteiger partial charge in [0.1, 0.15) is 16.0 Å². The summed E-state index contributed by atoms with van der Waals surface area (Å²) in [5.74, 6) is -2.35. The molecule has 1 aliphatic rings. The lowest BCUT2D eigenvalue weighted by atomic mass is 9.98. The third kappa shape index (κ3) is 4.38. The molecule has 1 fully saturated rings. The third-order valence-corrected chi connectivity index (χ3v) is 9.43. The molecular formula is C25H19N5O7S2. The summed E-state index contributed by atoms with van der Waals surface area (Å²) in [6.45, 7) is 1.86. The van der Waals surface area contributed by atoms with Crippen molar-refractivity contribution in [1.82, 2.24) is 14.5 Å². The van der Waals surface area contributed by atoms with E-state index < -0.39 is 38.3 Å². The molecule has 0 aliphatic carbocycles. The number of sulfone groups is 1. The lowest BCUT2D eigenvalue weighted by Gasteiger charge is -2.22. The average Bonchev–Trinajstić information content (AvgIpc) is 3.63. The topological polar surface area (TPSA) is 166 Å². The number of aliphatic hydroxyl groups is 1. The van der Waals surface area contributed by atoms with E-state index in [1.807, 2.05) is 6.92 Å². The molecule has 1 N–H and O–H groups in total. The molecule has 0 spiro atoms. The fourth-order valence-electron chi connectivity index (χ4n) is 4.16. The summed E-state index contributed by atoms with van der Waals surface area (Å²) < 4.78 is 27.7. The molecule has 0 bridgehead atoms. The summed E-state index contributed by atoms with van der Waals surface area (Å²) >= 11 is 0.653. The number of ketones is 1. The Morgan fingerprint density at radius 3 is 2.33 bits per heavy atom. The van der Waals surface area contributed by atoms with Crippen molar-refractivity contribution in [2.24, 2.45) is 7.05 Å². The highest BCUT2D eigenvalue weighted by Crippen LogP contribution is 2.44. The van der Waals surface area contributed by atoms with E-state index in [9.17, 15) is 33.2 Å². The van der Waals surface area contributed by atoms with Crippen LogP contribution in [0.25, 0.3) is 5.76 Å². The summed E-state index contributed by atoms with van der Waals surface area (Å²) in [5.41, 5.74) is 1.18. The molecule has 14 heteroatoms. The van der Waals surface area contributed by atoms with E-state index in [1.54, 1.807) is 35.9 Å². The van der Waals surface area contributed by atoms with E-state index >= 15 is 0 Å². The molecule has 2 aromatic carbocycles. The second-order valence-electron chi connectivity index (χ2n) is 8.68. The molecule has 1 saturated heterocycles. The van der Waals surface area contributed by atoms with Crippen LogP contribution in [0.2, 0.25) is 0 Å². The average molecular weight is 566 g/mol. The van der Waals surface area contributed by atoms with Gasteiger partial charge >= 0.3 is 5.91 Å². The van der Waals surface area contributed by atoms with Crippen molar-refractivity contribution in [3.05, 3.63) is 99.8 Å². The predicted octanol–water partition coefficient (Wildman–Crippen LogP) is 3.55. The number of nitrogens with zero attached hydrogens (tertiary/aromatic N) is 5. The molecule has 0 saturated carbocycles. The van der Waals surface area contributed by atoms with Crippen molar-refractivity contribution in [3.63, 3.8) is 0 Å². The van der Waals surface area contributed by atoms with E-state index in [4.69, 9.17) is 0 Å². The number of anilines is 1. The van der Waals surface area contributed by atoms with Crippen molar-refractivity contribution >= 4 is 49.4 Å². The van der Waals surface area contributed by atoms with Crippen LogP contribution in [-0.4, -0.2) is 44.7 Å². The molecule has 39 heavy (non-hydrogen) atoms. The summed E-state index contributed by atoms with van der Waals surface area (Å²) in [6, 6.07) is 9.96. The van der Waals surface area contributed by atoms with Gasteiger partial charge in [0.25, 0.3) is 11.5 Å². The van der Waals surface area contributed by atoms with Crippen molar-refractivity contribution in [2.75, 3.05) is 4.90 Å². The van der Waals surface area contributed by atoms with Crippen LogP contribution in [0.1, 0.15) is 22.9 Å². The number of thiazole rings is 1. The van der Waals surface area contributed by atoms with E-state index in [2.05, 4.69) is 9.97 Å². The predicted molar refractivity (Wildman–Crippen MR) is 140 cm³/mol. The van der Waals surface area contributed by atoms with Gasteiger partial charge in [-0.15, -0.1) is 0 Å². The van der Waals surface area contributed by atoms with E-state index in [-0.39, 0.29) is 25.5 Å². The van der Waals surface area contributed by atoms with Gasteiger partial charge in [-0.05, 0) is 19.1 Å². The molecule has 5 rings (SSSR count). The number of carbonyl (C=O) groups is 2. The largest absolute Gasteiger partial charge is 0.507 e. The normalized spacial score (nSPS) is 17.1. The Labute approximate surface area is 225 Å². The number of carbonyl (C=O) groups excluding carboxylic acids is 2. The van der Waals surface area contributed by atoms with Gasteiger partial charge in [0, 0.05) is 24.7 Å². The van der Waals surface area contributed by atoms with Crippen LogP contribution in [0.4, 0.5) is 10.8 Å². The number of rotatable bonds is 6. The summed E-state index contributed by atoms with van der Waals surface area (Å²) in [7, 11) is -2.49. The number of amides is 1. The van der Waals surface area contributed by atoms with Gasteiger partial charge in [0.05, 0.1) is 39.8 Å². The molecule has 1 amide bonds. The summed E-state index contributed by atoms with van der Waals surface area (Å²) in [6.07, 6.45) is 3.96. The lowest BCUT2D eigenvalue weighted by Crippen LogP contribution is -2.30. The Bertz CT molecular complexity index is 1770. The van der Waals surface area contributed by atoms with Crippen molar-refractivity contribution in [3.8, 4) is 0 Å². The number of aryl methyl sites for hydroxylation is 2. The zero-order valence-corrected chi connectivity index (χ0v) is 22.0. The Hall–Kier alpha value is -4.69. The number of hydrogen-bond donors (Lipinski definition) is 1. The van der Waals surface area contributed by atoms with Crippen LogP contribution < -0.4 is 4.90 Å². The number of Topliss-reactive ketones (excluding diaryl/α,β-unsaturated/α-hetero) is 1. The highest BCUT2D eigenvalue weighted by atomic mass is 32.2. The lowest BCUT2D eigenvalue weighted by molar-refractivity contribution is -0.384. The second kappa shape index (κ2) is 9.56. The minimum atomic E-state index is -4.15. The highest BCUT2D eigenvalue weighted by molar-refractivity contribution is 7.93. The molecule has 1 aliphatic heterocycles. The quantitative estimate of drug-likeness (QED) is 0.121. The first-order chi connectivity index (χ1) is 18.5. The second-order valence-corrected chi connectivity index (χ2v) is 11.9. The molecule has 1 atom stereocenters. The number of non-ortho nitro benzene ring substituents is 1. The maximum absolute atomic E-state index is 13.3. The number of aliphatic hydroxyl groups excluding tert-OH is 1. The van der Waals surface area contributed by atoms with Crippen LogP contribution in [0.3, 0.4) is 0 Å². The molecule has 3 heterocycles. The minimum absolute atomic E-state index is 0.0910. The maximum Gasteiger partial charge on any atom is 0.301 e. The third-order valence-electron chi connectivity index (χ3n) is 6.20. The number of hydrogen-bond acceptors (Lipinski definition) is 10. The van der Waals surface area contributed by atoms with Crippen LogP contribution >= 0.6 is 11.3 Å². The standard InChI is InChI=1S/C25H19N5O7S2/c1-14-3-5-15(6-4-14)22(31)20-21(18-11-26-13-28(18)2)29(24(33)23(20)32)25-27-12-19(38-25)39(36,37)17-9-7-16(8-10-17)30(34)35/h3-13,21,31H,1-2H3. The van der Waals surface area contributed by atoms with E-state index in [0.717, 1.165) is 40.9 Å². The maximum atomic E-state index is 13.3. The highest BCUT2D eigenvalue weighted by Gasteiger charge is 2.49. The number of benzene rings is 2. The first kappa shape index (κ1) is 25.9. The molecule has 12 nitrogen and oxygen atoms in total. The minimum Gasteiger partial charge on any atom is -0.507 e. The fraction of sp³-hybridized carbons (Fsp3) is 0.120. The number of nitro groups is 1. The van der Waals surface area contributed by atoms with Crippen molar-refractivity contribution < 1.29 is 28.0 Å². The Balaban J connectivity index is 1.61. The Morgan fingerprint density at radius 2 is 1.74 bits per heavy atom. The van der Waals surface area contributed by atoms with E-state index in [0.29, 0.717) is 22.6 Å². The van der Waals surface area contributed by atoms with Crippen LogP contribution in [0.5, 0.6) is 0 Å². The summed E-state index contributed by atoms with van der Waals surface area (Å²) in [4.78, 5) is 45.9. The molecular weight excluding hydrogens is 546 g/mol. The van der Waals surface area contributed by atoms with Crippen LogP contribution in [-0.2, 0) is 26.5 Å². The number of nitro benzene ring substituents is 1. The van der Waals surface area contributed by atoms with Gasteiger partial charge in [0.15, 0.2) is 5.13 Å². The monoisotopic (exact) mass is 565 g/mol. The zero-order valence-electron chi connectivity index (χ0n) is 20.4. The first-order valence-corrected chi connectivity index (χ1v) is 13.6. The number of imidazole rings is 1. The Kier molecular flexibility index (Phi) is 6.36. The molecule has 1 unspecified atom stereocenters. The molecule has 0 radical (unpaired) electrons. The van der Waals surface area contributed by atoms with Crippen molar-refractivity contribution in [1.29, 1.82) is 0 Å². The van der Waals surface area contributed by atoms with Crippen LogP contribution in [0, 0.1) is 17.0 Å². The smallest absolute Gasteiger partial charge is 0.301 e. The Morgan fingerprint density at radius 1 is 1.08 bits per heavy atom. The molecule has 198 valence electrons. The summed E-state index contributed by atoms with van der Waals surface area (Å²) in [5, 5.41) is 22.0. The van der Waals surface area contributed by atoms with Gasteiger partial charge in [-0.25, -0.2) is 18.4 Å².